The summed E-state index contributed by atoms with van der Waals surface area (Å²) >= 11 is 0. The number of ether oxygens (including phenoxy) is 1. The maximum atomic E-state index is 11.8. The van der Waals surface area contributed by atoms with Crippen LogP contribution in [0.3, 0.4) is 0 Å². The molecule has 0 amide bonds. The zero-order valence-electron chi connectivity index (χ0n) is 11.7. The van der Waals surface area contributed by atoms with Crippen LogP contribution in [0, 0.1) is 10.1 Å². The lowest BCUT2D eigenvalue weighted by Gasteiger charge is -2.19. The van der Waals surface area contributed by atoms with Crippen LogP contribution in [-0.2, 0) is 9.53 Å². The molecule has 0 saturated heterocycles. The monoisotopic (exact) mass is 265 g/mol. The van der Waals surface area contributed by atoms with E-state index in [4.69, 9.17) is 4.74 Å². The lowest BCUT2D eigenvalue weighted by Crippen LogP contribution is -2.16. The van der Waals surface area contributed by atoms with E-state index in [0.717, 1.165) is 5.56 Å². The molecule has 0 aromatic heterocycles. The molecule has 1 unspecified atom stereocenters. The van der Waals surface area contributed by atoms with E-state index < -0.39 is 10.8 Å². The van der Waals surface area contributed by atoms with Crippen molar-refractivity contribution in [2.24, 2.45) is 0 Å². The molecule has 0 saturated carbocycles. The molecule has 0 aliphatic heterocycles. The summed E-state index contributed by atoms with van der Waals surface area (Å²) in [6.45, 7) is 5.86. The van der Waals surface area contributed by atoms with E-state index in [-0.39, 0.29) is 17.6 Å². The van der Waals surface area contributed by atoms with Crippen LogP contribution in [0.5, 0.6) is 0 Å². The van der Waals surface area contributed by atoms with Crippen LogP contribution < -0.4 is 0 Å². The molecule has 1 aromatic rings. The molecule has 0 radical (unpaired) electrons. The van der Waals surface area contributed by atoms with Gasteiger partial charge in [-0.3, -0.25) is 14.9 Å². The van der Waals surface area contributed by atoms with Gasteiger partial charge in [0.2, 0.25) is 0 Å². The van der Waals surface area contributed by atoms with Crippen molar-refractivity contribution >= 4 is 11.7 Å². The Hall–Kier alpha value is -1.91. The Kier molecular flexibility index (Phi) is 5.03. The Morgan fingerprint density at radius 3 is 2.42 bits per heavy atom. The number of rotatable bonds is 5. The summed E-state index contributed by atoms with van der Waals surface area (Å²) in [7, 11) is 1.33. The van der Waals surface area contributed by atoms with E-state index in [1.807, 2.05) is 20.8 Å². The number of nitro benzene ring substituents is 1. The number of benzene rings is 1. The van der Waals surface area contributed by atoms with Gasteiger partial charge in [0, 0.05) is 12.1 Å². The molecular weight excluding hydrogens is 246 g/mol. The van der Waals surface area contributed by atoms with Crippen molar-refractivity contribution in [3.8, 4) is 0 Å². The lowest BCUT2D eigenvalue weighted by molar-refractivity contribution is -0.384. The Balaban J connectivity index is 3.38. The molecule has 0 heterocycles. The van der Waals surface area contributed by atoms with Crippen molar-refractivity contribution in [2.75, 3.05) is 7.11 Å². The van der Waals surface area contributed by atoms with E-state index in [9.17, 15) is 14.9 Å². The highest BCUT2D eigenvalue weighted by molar-refractivity contribution is 5.79. The number of hydrogen-bond acceptors (Lipinski definition) is 4. The van der Waals surface area contributed by atoms with Crippen molar-refractivity contribution < 1.29 is 14.5 Å². The molecule has 0 aliphatic rings. The van der Waals surface area contributed by atoms with Crippen LogP contribution in [0.4, 0.5) is 5.69 Å². The third kappa shape index (κ3) is 3.30. The first-order chi connectivity index (χ1) is 8.92. The standard InChI is InChI=1S/C14H19NO4/c1-5-11(14(16)19-4)13-8-10(15(17)18)6-7-12(13)9(2)3/h6-9,11H,5H2,1-4H3. The number of nitro groups is 1. The zero-order valence-corrected chi connectivity index (χ0v) is 11.7. The summed E-state index contributed by atoms with van der Waals surface area (Å²) in [6.07, 6.45) is 0.549. The molecule has 104 valence electrons. The highest BCUT2D eigenvalue weighted by atomic mass is 16.6. The second kappa shape index (κ2) is 6.31. The van der Waals surface area contributed by atoms with E-state index in [2.05, 4.69) is 0 Å². The summed E-state index contributed by atoms with van der Waals surface area (Å²) in [4.78, 5) is 22.2. The van der Waals surface area contributed by atoms with Crippen molar-refractivity contribution in [1.82, 2.24) is 0 Å². The molecule has 0 bridgehead atoms. The first-order valence-corrected chi connectivity index (χ1v) is 6.28. The van der Waals surface area contributed by atoms with Gasteiger partial charge in [-0.2, -0.15) is 0 Å². The van der Waals surface area contributed by atoms with Gasteiger partial charge in [0.15, 0.2) is 0 Å². The van der Waals surface area contributed by atoms with Gasteiger partial charge < -0.3 is 4.74 Å². The minimum Gasteiger partial charge on any atom is -0.469 e. The van der Waals surface area contributed by atoms with Gasteiger partial charge >= 0.3 is 5.97 Å². The number of nitrogens with zero attached hydrogens (tertiary/aromatic N) is 1. The Morgan fingerprint density at radius 2 is 2.00 bits per heavy atom. The summed E-state index contributed by atoms with van der Waals surface area (Å²) in [5.41, 5.74) is 1.64. The quantitative estimate of drug-likeness (QED) is 0.465. The Morgan fingerprint density at radius 1 is 1.37 bits per heavy atom. The predicted octanol–water partition coefficient (Wildman–Crippen LogP) is 3.38. The third-order valence-corrected chi connectivity index (χ3v) is 3.17. The number of carbonyl (C=O) groups is 1. The largest absolute Gasteiger partial charge is 0.469 e. The molecule has 0 spiro atoms. The molecule has 0 fully saturated rings. The molecule has 0 aliphatic carbocycles. The number of carbonyl (C=O) groups excluding carboxylic acids is 1. The smallest absolute Gasteiger partial charge is 0.313 e. The molecule has 1 rings (SSSR count). The van der Waals surface area contributed by atoms with Gasteiger partial charge in [0.25, 0.3) is 5.69 Å². The van der Waals surface area contributed by atoms with Crippen LogP contribution in [0.15, 0.2) is 18.2 Å². The van der Waals surface area contributed by atoms with Crippen LogP contribution in [0.1, 0.15) is 50.2 Å². The zero-order chi connectivity index (χ0) is 14.6. The van der Waals surface area contributed by atoms with Gasteiger partial charge in [-0.1, -0.05) is 26.8 Å². The topological polar surface area (TPSA) is 69.4 Å². The lowest BCUT2D eigenvalue weighted by atomic mass is 9.87. The number of non-ortho nitro benzene ring substituents is 1. The Labute approximate surface area is 112 Å². The average molecular weight is 265 g/mol. The fraction of sp³-hybridized carbons (Fsp3) is 0.500. The fourth-order valence-electron chi connectivity index (χ4n) is 2.16. The first-order valence-electron chi connectivity index (χ1n) is 6.28. The highest BCUT2D eigenvalue weighted by Crippen LogP contribution is 2.32. The molecule has 0 N–H and O–H groups in total. The minimum absolute atomic E-state index is 0.00162. The molecular formula is C14H19NO4. The summed E-state index contributed by atoms with van der Waals surface area (Å²) in [5.74, 6) is -0.623. The maximum Gasteiger partial charge on any atom is 0.313 e. The van der Waals surface area contributed by atoms with Gasteiger partial charge in [0.05, 0.1) is 18.0 Å². The van der Waals surface area contributed by atoms with Gasteiger partial charge in [-0.05, 0) is 23.5 Å². The minimum atomic E-state index is -0.456. The second-order valence-corrected chi connectivity index (χ2v) is 4.71. The van der Waals surface area contributed by atoms with Crippen molar-refractivity contribution in [1.29, 1.82) is 0 Å². The van der Waals surface area contributed by atoms with Crippen molar-refractivity contribution in [2.45, 2.75) is 39.0 Å². The summed E-state index contributed by atoms with van der Waals surface area (Å²) < 4.78 is 4.78. The van der Waals surface area contributed by atoms with E-state index in [1.165, 1.54) is 19.2 Å². The summed E-state index contributed by atoms with van der Waals surface area (Å²) in [6, 6.07) is 4.69. The highest BCUT2D eigenvalue weighted by Gasteiger charge is 2.25. The van der Waals surface area contributed by atoms with Crippen molar-refractivity contribution in [3.63, 3.8) is 0 Å². The molecule has 1 aromatic carbocycles. The van der Waals surface area contributed by atoms with Crippen molar-refractivity contribution in [3.05, 3.63) is 39.4 Å². The van der Waals surface area contributed by atoms with Crippen LogP contribution in [-0.4, -0.2) is 18.0 Å². The summed E-state index contributed by atoms with van der Waals surface area (Å²) in [5, 5.41) is 10.9. The maximum absolute atomic E-state index is 11.8. The second-order valence-electron chi connectivity index (χ2n) is 4.71. The number of methoxy groups -OCH3 is 1. The third-order valence-electron chi connectivity index (χ3n) is 3.17. The van der Waals surface area contributed by atoms with Crippen LogP contribution in [0.25, 0.3) is 0 Å². The average Bonchev–Trinajstić information content (AvgIpc) is 2.38. The SMILES string of the molecule is CCC(C(=O)OC)c1cc([N+](=O)[O-])ccc1C(C)C. The predicted molar refractivity (Wildman–Crippen MR) is 72.2 cm³/mol. The molecule has 1 atom stereocenters. The van der Waals surface area contributed by atoms with Crippen LogP contribution in [0.2, 0.25) is 0 Å². The number of esters is 1. The molecule has 5 nitrogen and oxygen atoms in total. The van der Waals surface area contributed by atoms with E-state index >= 15 is 0 Å². The molecule has 19 heavy (non-hydrogen) atoms. The molecule has 5 heteroatoms. The number of hydrogen-bond donors (Lipinski definition) is 0. The first kappa shape index (κ1) is 15.1. The van der Waals surface area contributed by atoms with Gasteiger partial charge in [-0.15, -0.1) is 0 Å². The fourth-order valence-corrected chi connectivity index (χ4v) is 2.16. The van der Waals surface area contributed by atoms with Crippen LogP contribution >= 0.6 is 0 Å². The normalized spacial score (nSPS) is 12.3. The van der Waals surface area contributed by atoms with Gasteiger partial charge in [-0.25, -0.2) is 0 Å². The van der Waals surface area contributed by atoms with E-state index in [1.54, 1.807) is 6.07 Å². The van der Waals surface area contributed by atoms with Gasteiger partial charge in [0.1, 0.15) is 0 Å². The Bertz CT molecular complexity index is 482. The van der Waals surface area contributed by atoms with E-state index in [0.29, 0.717) is 12.0 Å².